The van der Waals surface area contributed by atoms with E-state index in [4.69, 9.17) is 26.1 Å². The van der Waals surface area contributed by atoms with Gasteiger partial charge < -0.3 is 24.1 Å². The molecule has 4 aromatic rings. The van der Waals surface area contributed by atoms with Crippen LogP contribution in [0.1, 0.15) is 38.1 Å². The van der Waals surface area contributed by atoms with Gasteiger partial charge in [0.2, 0.25) is 5.89 Å². The first-order valence-corrected chi connectivity index (χ1v) is 13.1. The first-order valence-electron chi connectivity index (χ1n) is 12.7. The molecule has 1 amide bonds. The quantitative estimate of drug-likeness (QED) is 0.231. The molecule has 0 radical (unpaired) electrons. The van der Waals surface area contributed by atoms with Gasteiger partial charge in [-0.3, -0.25) is 10.1 Å². The molecule has 1 heterocycles. The highest BCUT2D eigenvalue weighted by atomic mass is 32.1. The van der Waals surface area contributed by atoms with Gasteiger partial charge in [0.1, 0.15) is 17.0 Å². The molecule has 4 rings (SSSR count). The van der Waals surface area contributed by atoms with E-state index in [1.54, 1.807) is 18.2 Å². The van der Waals surface area contributed by atoms with Crippen molar-refractivity contribution in [1.82, 2.24) is 10.3 Å². The summed E-state index contributed by atoms with van der Waals surface area (Å²) in [5.41, 5.74) is 4.46. The van der Waals surface area contributed by atoms with Gasteiger partial charge >= 0.3 is 0 Å². The van der Waals surface area contributed by atoms with Crippen LogP contribution in [0.3, 0.4) is 0 Å². The Bertz CT molecular complexity index is 1390. The summed E-state index contributed by atoms with van der Waals surface area (Å²) in [6.07, 6.45) is 0. The maximum Gasteiger partial charge on any atom is 0.257 e. The molecule has 0 unspecified atom stereocenters. The standard InChI is InChI=1S/C29H32N4O4S/c1-5-33(6-2)22-12-9-19(10-13-22)28-31-25-17-21(11-14-26(25)37-28)30-29(38)32-27(34)20-15-23(35-7-3)18-24(16-20)36-8-4/h9-18H,5-8H2,1-4H3,(H2,30,32,34,38). The maximum absolute atomic E-state index is 12.9. The highest BCUT2D eigenvalue weighted by Gasteiger charge is 2.14. The molecule has 0 bridgehead atoms. The van der Waals surface area contributed by atoms with Gasteiger partial charge in [0.25, 0.3) is 5.91 Å². The van der Waals surface area contributed by atoms with Crippen LogP contribution in [0.4, 0.5) is 11.4 Å². The van der Waals surface area contributed by atoms with E-state index in [9.17, 15) is 4.79 Å². The van der Waals surface area contributed by atoms with E-state index < -0.39 is 0 Å². The highest BCUT2D eigenvalue weighted by molar-refractivity contribution is 7.80. The molecule has 38 heavy (non-hydrogen) atoms. The van der Waals surface area contributed by atoms with Crippen LogP contribution < -0.4 is 25.0 Å². The molecule has 0 saturated heterocycles. The summed E-state index contributed by atoms with van der Waals surface area (Å²) in [6, 6.07) is 18.7. The van der Waals surface area contributed by atoms with Gasteiger partial charge in [-0.15, -0.1) is 0 Å². The van der Waals surface area contributed by atoms with E-state index in [0.29, 0.717) is 53.0 Å². The Morgan fingerprint density at radius 2 is 1.58 bits per heavy atom. The third-order valence-electron chi connectivity index (χ3n) is 5.88. The number of nitrogens with one attached hydrogen (secondary N) is 2. The van der Waals surface area contributed by atoms with Crippen molar-refractivity contribution in [3.8, 4) is 23.0 Å². The average molecular weight is 533 g/mol. The fourth-order valence-electron chi connectivity index (χ4n) is 4.07. The molecule has 198 valence electrons. The Hall–Kier alpha value is -4.11. The summed E-state index contributed by atoms with van der Waals surface area (Å²) in [5, 5.41) is 5.91. The Kier molecular flexibility index (Phi) is 8.81. The molecular formula is C29H32N4O4S. The lowest BCUT2D eigenvalue weighted by molar-refractivity contribution is 0.0976. The number of carbonyl (C=O) groups is 1. The van der Waals surface area contributed by atoms with Gasteiger partial charge in [0.05, 0.1) is 13.2 Å². The number of thiocarbonyl (C=S) groups is 1. The van der Waals surface area contributed by atoms with Gasteiger partial charge in [-0.2, -0.15) is 0 Å². The molecule has 1 aromatic heterocycles. The highest BCUT2D eigenvalue weighted by Crippen LogP contribution is 2.28. The van der Waals surface area contributed by atoms with Crippen LogP contribution in [-0.4, -0.2) is 42.3 Å². The van der Waals surface area contributed by atoms with Crippen LogP contribution in [0.25, 0.3) is 22.6 Å². The summed E-state index contributed by atoms with van der Waals surface area (Å²) in [7, 11) is 0. The Balaban J connectivity index is 1.45. The molecule has 3 aromatic carbocycles. The fraction of sp³-hybridized carbons (Fsp3) is 0.276. The predicted octanol–water partition coefficient (Wildman–Crippen LogP) is 6.27. The minimum atomic E-state index is -0.372. The lowest BCUT2D eigenvalue weighted by Crippen LogP contribution is -2.34. The first-order chi connectivity index (χ1) is 18.4. The molecule has 8 nitrogen and oxygen atoms in total. The summed E-state index contributed by atoms with van der Waals surface area (Å²) >= 11 is 5.38. The number of anilines is 2. The number of benzene rings is 3. The van der Waals surface area contributed by atoms with Crippen molar-refractivity contribution in [2.75, 3.05) is 36.5 Å². The summed E-state index contributed by atoms with van der Waals surface area (Å²) < 4.78 is 17.1. The van der Waals surface area contributed by atoms with Gasteiger partial charge in [-0.05, 0) is 94.5 Å². The summed E-state index contributed by atoms with van der Waals surface area (Å²) in [6.45, 7) is 10.9. The second-order valence-corrected chi connectivity index (χ2v) is 8.80. The average Bonchev–Trinajstić information content (AvgIpc) is 3.33. The number of hydrogen-bond donors (Lipinski definition) is 2. The number of carbonyl (C=O) groups excluding carboxylic acids is 1. The van der Waals surface area contributed by atoms with Crippen LogP contribution in [-0.2, 0) is 0 Å². The Morgan fingerprint density at radius 1 is 0.921 bits per heavy atom. The molecular weight excluding hydrogens is 500 g/mol. The van der Waals surface area contributed by atoms with Crippen LogP contribution in [0.5, 0.6) is 11.5 Å². The third kappa shape index (κ3) is 6.41. The molecule has 0 aliphatic rings. The Morgan fingerprint density at radius 3 is 2.18 bits per heavy atom. The monoisotopic (exact) mass is 532 g/mol. The second-order valence-electron chi connectivity index (χ2n) is 8.39. The van der Waals surface area contributed by atoms with Gasteiger partial charge in [0.15, 0.2) is 10.7 Å². The third-order valence-corrected chi connectivity index (χ3v) is 6.08. The Labute approximate surface area is 227 Å². The largest absolute Gasteiger partial charge is 0.494 e. The van der Waals surface area contributed by atoms with Crippen LogP contribution in [0, 0.1) is 0 Å². The van der Waals surface area contributed by atoms with E-state index in [1.807, 2.05) is 44.2 Å². The van der Waals surface area contributed by atoms with E-state index in [2.05, 4.69) is 46.5 Å². The predicted molar refractivity (Wildman–Crippen MR) is 155 cm³/mol. The number of amides is 1. The minimum Gasteiger partial charge on any atom is -0.494 e. The minimum absolute atomic E-state index is 0.157. The summed E-state index contributed by atoms with van der Waals surface area (Å²) in [5.74, 6) is 1.27. The zero-order valence-corrected chi connectivity index (χ0v) is 22.9. The zero-order valence-electron chi connectivity index (χ0n) is 22.0. The number of ether oxygens (including phenoxy) is 2. The van der Waals surface area contributed by atoms with Crippen LogP contribution >= 0.6 is 12.2 Å². The fourth-order valence-corrected chi connectivity index (χ4v) is 4.28. The zero-order chi connectivity index (χ0) is 27.1. The van der Waals surface area contributed by atoms with Crippen molar-refractivity contribution in [2.45, 2.75) is 27.7 Å². The molecule has 0 spiro atoms. The normalized spacial score (nSPS) is 10.7. The number of hydrogen-bond acceptors (Lipinski definition) is 7. The van der Waals surface area contributed by atoms with Gasteiger partial charge in [-0.25, -0.2) is 4.98 Å². The van der Waals surface area contributed by atoms with Gasteiger partial charge in [0, 0.05) is 41.7 Å². The summed E-state index contributed by atoms with van der Waals surface area (Å²) in [4.78, 5) is 19.8. The topological polar surface area (TPSA) is 88.9 Å². The van der Waals surface area contributed by atoms with Crippen molar-refractivity contribution in [2.24, 2.45) is 0 Å². The number of aromatic nitrogens is 1. The van der Waals surface area contributed by atoms with Crippen molar-refractivity contribution in [3.05, 3.63) is 66.2 Å². The number of oxazole rings is 1. The molecule has 9 heteroatoms. The number of nitrogens with zero attached hydrogens (tertiary/aromatic N) is 2. The molecule has 0 aliphatic carbocycles. The molecule has 2 N–H and O–H groups in total. The molecule has 0 saturated carbocycles. The maximum atomic E-state index is 12.9. The van der Waals surface area contributed by atoms with Gasteiger partial charge in [-0.1, -0.05) is 0 Å². The smallest absolute Gasteiger partial charge is 0.257 e. The van der Waals surface area contributed by atoms with E-state index in [1.165, 1.54) is 0 Å². The van der Waals surface area contributed by atoms with Crippen molar-refractivity contribution >= 4 is 45.7 Å². The molecule has 0 aliphatic heterocycles. The van der Waals surface area contributed by atoms with Crippen molar-refractivity contribution in [3.63, 3.8) is 0 Å². The SMILES string of the molecule is CCOc1cc(OCC)cc(C(=O)NC(=S)Nc2ccc3oc(-c4ccc(N(CC)CC)cc4)nc3c2)c1. The van der Waals surface area contributed by atoms with E-state index >= 15 is 0 Å². The second kappa shape index (κ2) is 12.4. The van der Waals surface area contributed by atoms with E-state index in [-0.39, 0.29) is 11.0 Å². The van der Waals surface area contributed by atoms with E-state index in [0.717, 1.165) is 24.3 Å². The molecule has 0 fully saturated rings. The van der Waals surface area contributed by atoms with Crippen LogP contribution in [0.2, 0.25) is 0 Å². The van der Waals surface area contributed by atoms with Crippen LogP contribution in [0.15, 0.2) is 65.1 Å². The lowest BCUT2D eigenvalue weighted by Gasteiger charge is -2.20. The molecule has 0 atom stereocenters. The lowest BCUT2D eigenvalue weighted by atomic mass is 10.2. The number of rotatable bonds is 10. The van der Waals surface area contributed by atoms with Crippen molar-refractivity contribution < 1.29 is 18.7 Å². The first kappa shape index (κ1) is 26.9. The van der Waals surface area contributed by atoms with Crippen molar-refractivity contribution in [1.29, 1.82) is 0 Å². The number of fused-ring (bicyclic) bond motifs is 1.